The molecule has 0 bridgehead atoms. The van der Waals surface area contributed by atoms with E-state index in [0.717, 1.165) is 6.54 Å². The molecule has 13 heavy (non-hydrogen) atoms. The molecule has 3 heteroatoms. The summed E-state index contributed by atoms with van der Waals surface area (Å²) in [4.78, 5) is 1.47. The molecule has 0 amide bonds. The van der Waals surface area contributed by atoms with Crippen molar-refractivity contribution in [3.63, 3.8) is 0 Å². The second-order valence-electron chi connectivity index (χ2n) is 4.04. The first-order valence-corrected chi connectivity index (χ1v) is 6.27. The van der Waals surface area contributed by atoms with Crippen LogP contribution in [0.1, 0.15) is 23.3 Å². The van der Waals surface area contributed by atoms with Crippen LogP contribution in [0.15, 0.2) is 9.85 Å². The van der Waals surface area contributed by atoms with E-state index in [2.05, 4.69) is 28.2 Å². The first-order chi connectivity index (χ1) is 6.17. The Kier molecular flexibility index (Phi) is 2.51. The average molecular weight is 260 g/mol. The number of aryl methyl sites for hydroxylation is 1. The molecule has 1 fully saturated rings. The molecule has 2 N–H and O–H groups in total. The monoisotopic (exact) mass is 259 g/mol. The van der Waals surface area contributed by atoms with Crippen molar-refractivity contribution in [1.29, 1.82) is 0 Å². The summed E-state index contributed by atoms with van der Waals surface area (Å²) < 4.78 is 1.30. The van der Waals surface area contributed by atoms with E-state index in [1.165, 1.54) is 34.2 Å². The minimum Gasteiger partial charge on any atom is -0.330 e. The number of rotatable bonds is 3. The maximum Gasteiger partial charge on any atom is 0.0343 e. The summed E-state index contributed by atoms with van der Waals surface area (Å²) in [6.07, 6.45) is 3.79. The number of halogens is 1. The Hall–Kier alpha value is 0.140. The Morgan fingerprint density at radius 3 is 2.69 bits per heavy atom. The van der Waals surface area contributed by atoms with Gasteiger partial charge in [0.2, 0.25) is 0 Å². The molecule has 1 heterocycles. The highest BCUT2D eigenvalue weighted by molar-refractivity contribution is 9.10. The van der Waals surface area contributed by atoms with E-state index in [4.69, 9.17) is 5.73 Å². The lowest BCUT2D eigenvalue weighted by atomic mass is 10.0. The summed E-state index contributed by atoms with van der Waals surface area (Å²) in [6, 6.07) is 0. The van der Waals surface area contributed by atoms with Gasteiger partial charge in [-0.3, -0.25) is 0 Å². The van der Waals surface area contributed by atoms with Crippen LogP contribution in [-0.4, -0.2) is 6.54 Å². The van der Waals surface area contributed by atoms with Gasteiger partial charge in [-0.2, -0.15) is 0 Å². The molecule has 0 unspecified atom stereocenters. The Morgan fingerprint density at radius 2 is 2.31 bits per heavy atom. The molecule has 2 rings (SSSR count). The fourth-order valence-electron chi connectivity index (χ4n) is 1.57. The van der Waals surface area contributed by atoms with E-state index in [0.29, 0.717) is 5.41 Å². The molecule has 1 aromatic rings. The molecule has 0 aromatic carbocycles. The van der Waals surface area contributed by atoms with Crippen molar-refractivity contribution in [2.24, 2.45) is 11.1 Å². The van der Waals surface area contributed by atoms with Crippen LogP contribution < -0.4 is 5.73 Å². The minimum absolute atomic E-state index is 0.458. The SMILES string of the molecule is Cc1csc(CC2(CN)CC2)c1Br. The molecule has 0 radical (unpaired) electrons. The first kappa shape index (κ1) is 9.69. The summed E-state index contributed by atoms with van der Waals surface area (Å²) in [5.41, 5.74) is 7.58. The zero-order chi connectivity index (χ0) is 9.47. The second kappa shape index (κ2) is 3.37. The molecule has 1 aliphatic rings. The normalized spacial score (nSPS) is 19.0. The van der Waals surface area contributed by atoms with Crippen LogP contribution in [-0.2, 0) is 6.42 Å². The van der Waals surface area contributed by atoms with Crippen LogP contribution in [0.5, 0.6) is 0 Å². The molecule has 1 aromatic heterocycles. The van der Waals surface area contributed by atoms with Gasteiger partial charge in [0.25, 0.3) is 0 Å². The van der Waals surface area contributed by atoms with Crippen LogP contribution in [0.4, 0.5) is 0 Å². The highest BCUT2D eigenvalue weighted by Crippen LogP contribution is 2.49. The van der Waals surface area contributed by atoms with Crippen molar-refractivity contribution < 1.29 is 0 Å². The lowest BCUT2D eigenvalue weighted by Crippen LogP contribution is -2.17. The van der Waals surface area contributed by atoms with Gasteiger partial charge in [0.1, 0.15) is 0 Å². The van der Waals surface area contributed by atoms with Crippen LogP contribution in [0, 0.1) is 12.3 Å². The summed E-state index contributed by atoms with van der Waals surface area (Å²) in [5, 5.41) is 2.21. The Morgan fingerprint density at radius 1 is 1.62 bits per heavy atom. The molecule has 0 spiro atoms. The second-order valence-corrected chi connectivity index (χ2v) is 5.79. The number of hydrogen-bond donors (Lipinski definition) is 1. The smallest absolute Gasteiger partial charge is 0.0343 e. The van der Waals surface area contributed by atoms with Crippen molar-refractivity contribution >= 4 is 27.3 Å². The third kappa shape index (κ3) is 1.83. The highest BCUT2D eigenvalue weighted by atomic mass is 79.9. The van der Waals surface area contributed by atoms with E-state index in [1.54, 1.807) is 0 Å². The first-order valence-electron chi connectivity index (χ1n) is 4.59. The highest BCUT2D eigenvalue weighted by Gasteiger charge is 2.41. The molecule has 0 aliphatic heterocycles. The Balaban J connectivity index is 2.14. The molecular weight excluding hydrogens is 246 g/mol. The van der Waals surface area contributed by atoms with Crippen molar-refractivity contribution in [3.8, 4) is 0 Å². The summed E-state index contributed by atoms with van der Waals surface area (Å²) >= 11 is 5.49. The molecular formula is C10H14BrNS. The van der Waals surface area contributed by atoms with Gasteiger partial charge in [0.05, 0.1) is 0 Å². The van der Waals surface area contributed by atoms with E-state index in [9.17, 15) is 0 Å². The van der Waals surface area contributed by atoms with Crippen LogP contribution in [0.3, 0.4) is 0 Å². The molecule has 0 atom stereocenters. The van der Waals surface area contributed by atoms with Crippen molar-refractivity contribution in [2.45, 2.75) is 26.2 Å². The van der Waals surface area contributed by atoms with Crippen LogP contribution in [0.25, 0.3) is 0 Å². The van der Waals surface area contributed by atoms with Gasteiger partial charge in [-0.1, -0.05) is 0 Å². The van der Waals surface area contributed by atoms with E-state index in [1.807, 2.05) is 11.3 Å². The minimum atomic E-state index is 0.458. The van der Waals surface area contributed by atoms with Crippen molar-refractivity contribution in [2.75, 3.05) is 6.54 Å². The fourth-order valence-corrected chi connectivity index (χ4v) is 3.35. The predicted molar refractivity (Wildman–Crippen MR) is 61.2 cm³/mol. The molecule has 0 saturated heterocycles. The third-order valence-corrected chi connectivity index (χ3v) is 5.37. The quantitative estimate of drug-likeness (QED) is 0.887. The summed E-state index contributed by atoms with van der Waals surface area (Å²) in [7, 11) is 0. The Bertz CT molecular complexity index is 315. The molecule has 72 valence electrons. The number of nitrogens with two attached hydrogens (primary N) is 1. The van der Waals surface area contributed by atoms with E-state index < -0.39 is 0 Å². The molecule has 1 nitrogen and oxygen atoms in total. The molecule has 1 saturated carbocycles. The van der Waals surface area contributed by atoms with Crippen LogP contribution in [0.2, 0.25) is 0 Å². The van der Waals surface area contributed by atoms with E-state index >= 15 is 0 Å². The fraction of sp³-hybridized carbons (Fsp3) is 0.600. The summed E-state index contributed by atoms with van der Waals surface area (Å²) in [6.45, 7) is 2.99. The van der Waals surface area contributed by atoms with Gasteiger partial charge in [-0.25, -0.2) is 0 Å². The molecule has 1 aliphatic carbocycles. The third-order valence-electron chi connectivity index (χ3n) is 2.89. The van der Waals surface area contributed by atoms with Gasteiger partial charge < -0.3 is 5.73 Å². The van der Waals surface area contributed by atoms with Crippen LogP contribution >= 0.6 is 27.3 Å². The van der Waals surface area contributed by atoms with Crippen molar-refractivity contribution in [3.05, 3.63) is 20.3 Å². The average Bonchev–Trinajstić information content (AvgIpc) is 2.85. The zero-order valence-electron chi connectivity index (χ0n) is 7.77. The maximum absolute atomic E-state index is 5.76. The number of hydrogen-bond acceptors (Lipinski definition) is 2. The predicted octanol–water partition coefficient (Wildman–Crippen LogP) is 3.10. The van der Waals surface area contributed by atoms with Gasteiger partial charge in [-0.05, 0) is 65.0 Å². The summed E-state index contributed by atoms with van der Waals surface area (Å²) in [5.74, 6) is 0. The lowest BCUT2D eigenvalue weighted by Gasteiger charge is -2.10. The lowest BCUT2D eigenvalue weighted by molar-refractivity contribution is 0.525. The van der Waals surface area contributed by atoms with Gasteiger partial charge in [0.15, 0.2) is 0 Å². The van der Waals surface area contributed by atoms with Gasteiger partial charge in [0, 0.05) is 9.35 Å². The maximum atomic E-state index is 5.76. The topological polar surface area (TPSA) is 26.0 Å². The van der Waals surface area contributed by atoms with Gasteiger partial charge in [-0.15, -0.1) is 11.3 Å². The van der Waals surface area contributed by atoms with Gasteiger partial charge >= 0.3 is 0 Å². The largest absolute Gasteiger partial charge is 0.330 e. The standard InChI is InChI=1S/C10H14BrNS/c1-7-5-13-8(9(7)11)4-10(6-12)2-3-10/h5H,2-4,6,12H2,1H3. The van der Waals surface area contributed by atoms with Crippen molar-refractivity contribution in [1.82, 2.24) is 0 Å². The van der Waals surface area contributed by atoms with E-state index in [-0.39, 0.29) is 0 Å². The zero-order valence-corrected chi connectivity index (χ0v) is 10.2. The Labute approximate surface area is 91.5 Å². The number of thiophene rings is 1.